The summed E-state index contributed by atoms with van der Waals surface area (Å²) >= 11 is 6.04. The third-order valence-corrected chi connectivity index (χ3v) is 4.33. The SMILES string of the molecule is COc1cc(CNc2ccccc2)ccc1OCC(=O)Nc1ccccc1Cl. The Kier molecular flexibility index (Phi) is 6.76. The van der Waals surface area contributed by atoms with Crippen molar-refractivity contribution in [1.29, 1.82) is 0 Å². The van der Waals surface area contributed by atoms with Gasteiger partial charge in [-0.15, -0.1) is 0 Å². The van der Waals surface area contributed by atoms with Gasteiger partial charge in [0, 0.05) is 12.2 Å². The molecule has 0 aliphatic heterocycles. The number of benzene rings is 3. The number of nitrogens with one attached hydrogen (secondary N) is 2. The van der Waals surface area contributed by atoms with Crippen LogP contribution in [0.3, 0.4) is 0 Å². The van der Waals surface area contributed by atoms with E-state index >= 15 is 0 Å². The summed E-state index contributed by atoms with van der Waals surface area (Å²) in [5.41, 5.74) is 2.62. The quantitative estimate of drug-likeness (QED) is 0.563. The summed E-state index contributed by atoms with van der Waals surface area (Å²) < 4.78 is 11.0. The lowest BCUT2D eigenvalue weighted by molar-refractivity contribution is -0.118. The summed E-state index contributed by atoms with van der Waals surface area (Å²) in [4.78, 5) is 12.1. The van der Waals surface area contributed by atoms with Crippen molar-refractivity contribution < 1.29 is 14.3 Å². The summed E-state index contributed by atoms with van der Waals surface area (Å²) in [6.45, 7) is 0.497. The van der Waals surface area contributed by atoms with Gasteiger partial charge in [0.1, 0.15) is 0 Å². The first-order chi connectivity index (χ1) is 13.7. The minimum absolute atomic E-state index is 0.150. The third kappa shape index (κ3) is 5.41. The van der Waals surface area contributed by atoms with E-state index < -0.39 is 0 Å². The molecule has 2 N–H and O–H groups in total. The third-order valence-electron chi connectivity index (χ3n) is 4.01. The van der Waals surface area contributed by atoms with Crippen molar-refractivity contribution in [3.05, 3.63) is 83.4 Å². The van der Waals surface area contributed by atoms with Gasteiger partial charge in [0.2, 0.25) is 0 Å². The Labute approximate surface area is 169 Å². The lowest BCUT2D eigenvalue weighted by Crippen LogP contribution is -2.20. The van der Waals surface area contributed by atoms with Crippen molar-refractivity contribution in [2.75, 3.05) is 24.4 Å². The van der Waals surface area contributed by atoms with Crippen LogP contribution in [-0.4, -0.2) is 19.6 Å². The number of amides is 1. The molecule has 0 aromatic heterocycles. The normalized spacial score (nSPS) is 10.2. The van der Waals surface area contributed by atoms with E-state index in [-0.39, 0.29) is 12.5 Å². The van der Waals surface area contributed by atoms with Crippen LogP contribution in [0.15, 0.2) is 72.8 Å². The van der Waals surface area contributed by atoms with Crippen LogP contribution in [0, 0.1) is 0 Å². The largest absolute Gasteiger partial charge is 0.493 e. The van der Waals surface area contributed by atoms with Gasteiger partial charge in [0.05, 0.1) is 17.8 Å². The van der Waals surface area contributed by atoms with Crippen LogP contribution in [0.25, 0.3) is 0 Å². The van der Waals surface area contributed by atoms with E-state index in [1.54, 1.807) is 37.4 Å². The maximum Gasteiger partial charge on any atom is 0.262 e. The first kappa shape index (κ1) is 19.6. The molecule has 0 bridgehead atoms. The van der Waals surface area contributed by atoms with Crippen molar-refractivity contribution in [2.45, 2.75) is 6.54 Å². The fourth-order valence-electron chi connectivity index (χ4n) is 2.59. The minimum Gasteiger partial charge on any atom is -0.493 e. The van der Waals surface area contributed by atoms with Gasteiger partial charge < -0.3 is 20.1 Å². The Bertz CT molecular complexity index is 932. The zero-order valence-corrected chi connectivity index (χ0v) is 16.2. The maximum atomic E-state index is 12.1. The van der Waals surface area contributed by atoms with Crippen molar-refractivity contribution in [3.8, 4) is 11.5 Å². The Morgan fingerprint density at radius 1 is 0.964 bits per heavy atom. The molecule has 0 saturated carbocycles. The predicted octanol–water partition coefficient (Wildman–Crippen LogP) is 4.98. The van der Waals surface area contributed by atoms with Crippen LogP contribution in [0.4, 0.5) is 11.4 Å². The number of carbonyl (C=O) groups excluding carboxylic acids is 1. The van der Waals surface area contributed by atoms with Crippen LogP contribution in [0.5, 0.6) is 11.5 Å². The van der Waals surface area contributed by atoms with Crippen molar-refractivity contribution in [1.82, 2.24) is 0 Å². The lowest BCUT2D eigenvalue weighted by Gasteiger charge is -2.13. The highest BCUT2D eigenvalue weighted by atomic mass is 35.5. The van der Waals surface area contributed by atoms with Gasteiger partial charge in [0.25, 0.3) is 5.91 Å². The molecule has 1 amide bonds. The molecule has 0 saturated heterocycles. The van der Waals surface area contributed by atoms with Gasteiger partial charge >= 0.3 is 0 Å². The fourth-order valence-corrected chi connectivity index (χ4v) is 2.78. The van der Waals surface area contributed by atoms with Gasteiger partial charge in [-0.1, -0.05) is 48.0 Å². The molecule has 6 heteroatoms. The second kappa shape index (κ2) is 9.67. The van der Waals surface area contributed by atoms with Crippen LogP contribution in [0.1, 0.15) is 5.56 Å². The molecule has 28 heavy (non-hydrogen) atoms. The van der Waals surface area contributed by atoms with Gasteiger partial charge in [-0.2, -0.15) is 0 Å². The molecule has 0 fully saturated rings. The molecular formula is C22H21ClN2O3. The van der Waals surface area contributed by atoms with Gasteiger partial charge in [0.15, 0.2) is 18.1 Å². The molecule has 3 aromatic carbocycles. The number of hydrogen-bond donors (Lipinski definition) is 2. The van der Waals surface area contributed by atoms with Crippen LogP contribution in [0.2, 0.25) is 5.02 Å². The summed E-state index contributed by atoms with van der Waals surface area (Å²) in [7, 11) is 1.57. The van der Waals surface area contributed by atoms with Gasteiger partial charge in [-0.3, -0.25) is 4.79 Å². The first-order valence-corrected chi connectivity index (χ1v) is 9.16. The van der Waals surface area contributed by atoms with Crippen molar-refractivity contribution in [3.63, 3.8) is 0 Å². The van der Waals surface area contributed by atoms with Gasteiger partial charge in [-0.25, -0.2) is 0 Å². The summed E-state index contributed by atoms with van der Waals surface area (Å²) in [6.07, 6.45) is 0. The van der Waals surface area contributed by atoms with E-state index in [1.165, 1.54) is 0 Å². The topological polar surface area (TPSA) is 59.6 Å². The Morgan fingerprint density at radius 3 is 2.46 bits per heavy atom. The molecule has 0 heterocycles. The van der Waals surface area contributed by atoms with Gasteiger partial charge in [-0.05, 0) is 42.0 Å². The molecular weight excluding hydrogens is 376 g/mol. The number of ether oxygens (including phenoxy) is 2. The number of anilines is 2. The number of para-hydroxylation sites is 2. The van der Waals surface area contributed by atoms with E-state index in [2.05, 4.69) is 10.6 Å². The predicted molar refractivity (Wildman–Crippen MR) is 112 cm³/mol. The van der Waals surface area contributed by atoms with E-state index in [0.29, 0.717) is 28.8 Å². The van der Waals surface area contributed by atoms with Crippen LogP contribution < -0.4 is 20.1 Å². The minimum atomic E-state index is -0.301. The number of methoxy groups -OCH3 is 1. The standard InChI is InChI=1S/C22H21ClN2O3/c1-27-21-13-16(14-24-17-7-3-2-4-8-17)11-12-20(21)28-15-22(26)25-19-10-6-5-9-18(19)23/h2-13,24H,14-15H2,1H3,(H,25,26). The molecule has 0 unspecified atom stereocenters. The monoisotopic (exact) mass is 396 g/mol. The summed E-state index contributed by atoms with van der Waals surface area (Å²) in [5, 5.41) is 6.54. The smallest absolute Gasteiger partial charge is 0.262 e. The lowest BCUT2D eigenvalue weighted by atomic mass is 10.2. The highest BCUT2D eigenvalue weighted by Crippen LogP contribution is 2.28. The van der Waals surface area contributed by atoms with E-state index in [1.807, 2.05) is 42.5 Å². The molecule has 0 aliphatic rings. The summed E-state index contributed by atoms with van der Waals surface area (Å²) in [5.74, 6) is 0.767. The molecule has 144 valence electrons. The highest BCUT2D eigenvalue weighted by molar-refractivity contribution is 6.33. The molecule has 3 aromatic rings. The van der Waals surface area contributed by atoms with E-state index in [4.69, 9.17) is 21.1 Å². The average Bonchev–Trinajstić information content (AvgIpc) is 2.73. The number of carbonyl (C=O) groups is 1. The van der Waals surface area contributed by atoms with Crippen molar-refractivity contribution >= 4 is 28.9 Å². The average molecular weight is 397 g/mol. The number of halogens is 1. The summed E-state index contributed by atoms with van der Waals surface area (Å²) in [6, 6.07) is 22.6. The molecule has 0 aliphatic carbocycles. The second-order valence-electron chi connectivity index (χ2n) is 6.02. The van der Waals surface area contributed by atoms with Crippen LogP contribution in [-0.2, 0) is 11.3 Å². The first-order valence-electron chi connectivity index (χ1n) is 8.79. The fraction of sp³-hybridized carbons (Fsp3) is 0.136. The van der Waals surface area contributed by atoms with Crippen molar-refractivity contribution in [2.24, 2.45) is 0 Å². The molecule has 0 atom stereocenters. The second-order valence-corrected chi connectivity index (χ2v) is 6.43. The Morgan fingerprint density at radius 2 is 1.71 bits per heavy atom. The van der Waals surface area contributed by atoms with Crippen LogP contribution >= 0.6 is 11.6 Å². The molecule has 0 radical (unpaired) electrons. The number of rotatable bonds is 8. The molecule has 5 nitrogen and oxygen atoms in total. The highest BCUT2D eigenvalue weighted by Gasteiger charge is 2.10. The zero-order valence-electron chi connectivity index (χ0n) is 15.4. The van der Waals surface area contributed by atoms with E-state index in [0.717, 1.165) is 11.3 Å². The molecule has 3 rings (SSSR count). The Hall–Kier alpha value is -3.18. The zero-order chi connectivity index (χ0) is 19.8. The Balaban J connectivity index is 1.57. The molecule has 0 spiro atoms. The number of hydrogen-bond acceptors (Lipinski definition) is 4. The van der Waals surface area contributed by atoms with E-state index in [9.17, 15) is 4.79 Å². The maximum absolute atomic E-state index is 12.1.